The smallest absolute Gasteiger partial charge is 0.335 e. The van der Waals surface area contributed by atoms with E-state index >= 15 is 0 Å². The first kappa shape index (κ1) is 17.4. The number of hydrogen-bond donors (Lipinski definition) is 1. The summed E-state index contributed by atoms with van der Waals surface area (Å²) in [6.07, 6.45) is 0.133. The van der Waals surface area contributed by atoms with Crippen molar-refractivity contribution in [3.05, 3.63) is 63.3 Å². The molecule has 1 fully saturated rings. The van der Waals surface area contributed by atoms with Crippen molar-refractivity contribution in [2.45, 2.75) is 12.6 Å². The van der Waals surface area contributed by atoms with Gasteiger partial charge in [-0.25, -0.2) is 9.78 Å². The Labute approximate surface area is 159 Å². The van der Waals surface area contributed by atoms with Gasteiger partial charge in [-0.2, -0.15) is 0 Å². The van der Waals surface area contributed by atoms with Crippen molar-refractivity contribution in [2.75, 3.05) is 19.7 Å². The van der Waals surface area contributed by atoms with Gasteiger partial charge in [0, 0.05) is 35.5 Å². The predicted octanol–water partition coefficient (Wildman–Crippen LogP) is 4.14. The zero-order valence-electron chi connectivity index (χ0n) is 14.0. The number of aromatic nitrogens is 1. The number of nitrogens with zero attached hydrogens (tertiary/aromatic N) is 2. The van der Waals surface area contributed by atoms with Crippen molar-refractivity contribution in [1.82, 2.24) is 9.88 Å². The Balaban J connectivity index is 1.45. The van der Waals surface area contributed by atoms with Gasteiger partial charge in [0.1, 0.15) is 11.1 Å². The summed E-state index contributed by atoms with van der Waals surface area (Å²) in [5, 5.41) is 14.1. The van der Waals surface area contributed by atoms with Gasteiger partial charge in [0.05, 0.1) is 17.9 Å². The molecule has 3 heterocycles. The summed E-state index contributed by atoms with van der Waals surface area (Å²) in [5.74, 6) is -0.920. The lowest BCUT2D eigenvalue weighted by molar-refractivity contribution is -0.0314. The lowest BCUT2D eigenvalue weighted by Crippen LogP contribution is -2.37. The SMILES string of the molecule is O=C(O)c1cccc(-c2nc(CN3CCOC(c4cccs4)C3)cs2)c1. The summed E-state index contributed by atoms with van der Waals surface area (Å²) in [7, 11) is 0. The van der Waals surface area contributed by atoms with E-state index in [1.807, 2.05) is 6.07 Å². The van der Waals surface area contributed by atoms with E-state index < -0.39 is 5.97 Å². The lowest BCUT2D eigenvalue weighted by Gasteiger charge is -2.31. The molecule has 134 valence electrons. The molecule has 0 bridgehead atoms. The van der Waals surface area contributed by atoms with Crippen LogP contribution in [0.3, 0.4) is 0 Å². The Morgan fingerprint density at radius 2 is 2.23 bits per heavy atom. The minimum absolute atomic E-state index is 0.133. The molecule has 1 atom stereocenters. The fourth-order valence-corrected chi connectivity index (χ4v) is 4.59. The number of carboxylic acid groups (broad SMARTS) is 1. The Bertz CT molecular complexity index is 892. The summed E-state index contributed by atoms with van der Waals surface area (Å²) >= 11 is 3.28. The number of rotatable bonds is 5. The Morgan fingerprint density at radius 1 is 1.31 bits per heavy atom. The van der Waals surface area contributed by atoms with Gasteiger partial charge in [-0.1, -0.05) is 18.2 Å². The van der Waals surface area contributed by atoms with Gasteiger partial charge in [-0.3, -0.25) is 4.90 Å². The minimum Gasteiger partial charge on any atom is -0.478 e. The standard InChI is InChI=1S/C19H18N2O3S2/c22-19(23)14-4-1-3-13(9-14)18-20-15(12-26-18)10-21-6-7-24-16(11-21)17-5-2-8-25-17/h1-5,8-9,12,16H,6-7,10-11H2,(H,22,23). The average molecular weight is 386 g/mol. The Kier molecular flexibility index (Phi) is 5.12. The molecule has 1 N–H and O–H groups in total. The molecule has 7 heteroatoms. The molecular weight excluding hydrogens is 368 g/mol. The van der Waals surface area contributed by atoms with Crippen LogP contribution < -0.4 is 0 Å². The maximum absolute atomic E-state index is 11.1. The summed E-state index contributed by atoms with van der Waals surface area (Å²) in [4.78, 5) is 19.5. The van der Waals surface area contributed by atoms with Crippen LogP contribution in [0.2, 0.25) is 0 Å². The van der Waals surface area contributed by atoms with E-state index in [2.05, 4.69) is 27.8 Å². The highest BCUT2D eigenvalue weighted by Crippen LogP contribution is 2.28. The number of hydrogen-bond acceptors (Lipinski definition) is 6. The summed E-state index contributed by atoms with van der Waals surface area (Å²) in [5.41, 5.74) is 2.14. The number of thiazole rings is 1. The van der Waals surface area contributed by atoms with E-state index in [1.165, 1.54) is 4.88 Å². The highest BCUT2D eigenvalue weighted by Gasteiger charge is 2.23. The predicted molar refractivity (Wildman–Crippen MR) is 103 cm³/mol. The van der Waals surface area contributed by atoms with Crippen molar-refractivity contribution in [3.63, 3.8) is 0 Å². The molecule has 2 aromatic heterocycles. The Hall–Kier alpha value is -2.06. The van der Waals surface area contributed by atoms with Crippen LogP contribution in [0.1, 0.15) is 27.0 Å². The lowest BCUT2D eigenvalue weighted by atomic mass is 10.1. The van der Waals surface area contributed by atoms with Crippen molar-refractivity contribution in [3.8, 4) is 10.6 Å². The van der Waals surface area contributed by atoms with Crippen molar-refractivity contribution in [1.29, 1.82) is 0 Å². The van der Waals surface area contributed by atoms with Crippen LogP contribution in [0.25, 0.3) is 10.6 Å². The van der Waals surface area contributed by atoms with Gasteiger partial charge in [0.15, 0.2) is 0 Å². The van der Waals surface area contributed by atoms with Gasteiger partial charge in [0.25, 0.3) is 0 Å². The van der Waals surface area contributed by atoms with Gasteiger partial charge in [0.2, 0.25) is 0 Å². The molecule has 3 aromatic rings. The second-order valence-corrected chi connectivity index (χ2v) is 7.98. The number of carbonyl (C=O) groups is 1. The van der Waals surface area contributed by atoms with Crippen molar-refractivity contribution < 1.29 is 14.6 Å². The van der Waals surface area contributed by atoms with Crippen LogP contribution >= 0.6 is 22.7 Å². The number of carboxylic acids is 1. The molecule has 1 saturated heterocycles. The third-order valence-electron chi connectivity index (χ3n) is 4.30. The highest BCUT2D eigenvalue weighted by atomic mass is 32.1. The number of morpholine rings is 1. The summed E-state index contributed by atoms with van der Waals surface area (Å²) in [6.45, 7) is 3.26. The molecule has 26 heavy (non-hydrogen) atoms. The number of ether oxygens (including phenoxy) is 1. The Morgan fingerprint density at radius 3 is 3.04 bits per heavy atom. The van der Waals surface area contributed by atoms with E-state index in [1.54, 1.807) is 40.9 Å². The highest BCUT2D eigenvalue weighted by molar-refractivity contribution is 7.13. The van der Waals surface area contributed by atoms with E-state index in [0.717, 1.165) is 42.5 Å². The van der Waals surface area contributed by atoms with Crippen LogP contribution in [0.5, 0.6) is 0 Å². The number of benzene rings is 1. The zero-order valence-corrected chi connectivity index (χ0v) is 15.6. The van der Waals surface area contributed by atoms with E-state index in [4.69, 9.17) is 14.8 Å². The third kappa shape index (κ3) is 3.86. The van der Waals surface area contributed by atoms with E-state index in [0.29, 0.717) is 0 Å². The average Bonchev–Trinajstić information content (AvgIpc) is 3.34. The second-order valence-electron chi connectivity index (χ2n) is 6.14. The topological polar surface area (TPSA) is 62.7 Å². The van der Waals surface area contributed by atoms with E-state index in [9.17, 15) is 4.79 Å². The van der Waals surface area contributed by atoms with Crippen LogP contribution in [0.15, 0.2) is 47.2 Å². The van der Waals surface area contributed by atoms with E-state index in [-0.39, 0.29) is 11.7 Å². The quantitative estimate of drug-likeness (QED) is 0.714. The molecule has 1 aromatic carbocycles. The molecule has 0 spiro atoms. The molecule has 5 nitrogen and oxygen atoms in total. The fourth-order valence-electron chi connectivity index (χ4n) is 3.02. The molecule has 0 saturated carbocycles. The molecule has 0 aliphatic carbocycles. The fraction of sp³-hybridized carbons (Fsp3) is 0.263. The maximum Gasteiger partial charge on any atom is 0.335 e. The first-order valence-electron chi connectivity index (χ1n) is 8.34. The van der Waals surface area contributed by atoms with Gasteiger partial charge in [-0.15, -0.1) is 22.7 Å². The van der Waals surface area contributed by atoms with Crippen molar-refractivity contribution in [2.24, 2.45) is 0 Å². The van der Waals surface area contributed by atoms with Gasteiger partial charge in [-0.05, 0) is 23.6 Å². The van der Waals surface area contributed by atoms with Crippen LogP contribution in [0, 0.1) is 0 Å². The molecule has 0 amide bonds. The monoisotopic (exact) mass is 386 g/mol. The van der Waals surface area contributed by atoms with Crippen LogP contribution in [-0.4, -0.2) is 40.7 Å². The van der Waals surface area contributed by atoms with Crippen LogP contribution in [0.4, 0.5) is 0 Å². The van der Waals surface area contributed by atoms with Gasteiger partial charge >= 0.3 is 5.97 Å². The first-order chi connectivity index (χ1) is 12.7. The molecule has 1 aliphatic heterocycles. The first-order valence-corrected chi connectivity index (χ1v) is 10.1. The summed E-state index contributed by atoms with van der Waals surface area (Å²) in [6, 6.07) is 11.1. The normalized spacial score (nSPS) is 18.1. The largest absolute Gasteiger partial charge is 0.478 e. The zero-order chi connectivity index (χ0) is 17.9. The second kappa shape index (κ2) is 7.67. The number of aromatic carboxylic acids is 1. The molecule has 0 radical (unpaired) electrons. The molecule has 1 aliphatic rings. The van der Waals surface area contributed by atoms with Gasteiger partial charge < -0.3 is 9.84 Å². The number of thiophene rings is 1. The minimum atomic E-state index is -0.920. The summed E-state index contributed by atoms with van der Waals surface area (Å²) < 4.78 is 5.90. The van der Waals surface area contributed by atoms with Crippen molar-refractivity contribution >= 4 is 28.6 Å². The third-order valence-corrected chi connectivity index (χ3v) is 6.21. The molecular formula is C19H18N2O3S2. The maximum atomic E-state index is 11.1. The van der Waals surface area contributed by atoms with Crippen LogP contribution in [-0.2, 0) is 11.3 Å². The molecule has 1 unspecified atom stereocenters. The molecule has 4 rings (SSSR count).